The Morgan fingerprint density at radius 2 is 2.19 bits per heavy atom. The molecule has 0 aliphatic rings. The van der Waals surface area contributed by atoms with Crippen molar-refractivity contribution in [2.24, 2.45) is 0 Å². The number of hydrogen-bond acceptors (Lipinski definition) is 4. The third kappa shape index (κ3) is 3.98. The van der Waals surface area contributed by atoms with Crippen LogP contribution in [0.5, 0.6) is 11.5 Å². The van der Waals surface area contributed by atoms with Crippen molar-refractivity contribution in [1.29, 1.82) is 0 Å². The first-order valence-electron chi connectivity index (χ1n) is 5.00. The minimum absolute atomic E-state index is 0.0438. The molecule has 4 heteroatoms. The summed E-state index contributed by atoms with van der Waals surface area (Å²) in [4.78, 5) is 11.3. The predicted molar refractivity (Wildman–Crippen MR) is 66.6 cm³/mol. The molecule has 1 aromatic carbocycles. The van der Waals surface area contributed by atoms with Gasteiger partial charge < -0.3 is 10.2 Å². The monoisotopic (exact) mass is 238 g/mol. The largest absolute Gasteiger partial charge is 0.508 e. The smallest absolute Gasteiger partial charge is 0.212 e. The molecule has 0 saturated carbocycles. The van der Waals surface area contributed by atoms with Crippen LogP contribution in [0.25, 0.3) is 6.08 Å². The summed E-state index contributed by atoms with van der Waals surface area (Å²) in [6, 6.07) is 4.18. The fourth-order valence-corrected chi connectivity index (χ4v) is 1.65. The molecule has 0 atom stereocenters. The maximum Gasteiger partial charge on any atom is 0.212 e. The number of rotatable bonds is 4. The van der Waals surface area contributed by atoms with E-state index in [1.807, 2.05) is 6.92 Å². The van der Waals surface area contributed by atoms with Gasteiger partial charge in [0.05, 0.1) is 0 Å². The summed E-state index contributed by atoms with van der Waals surface area (Å²) in [5.74, 6) is 0.892. The highest BCUT2D eigenvalue weighted by Crippen LogP contribution is 2.23. The van der Waals surface area contributed by atoms with Gasteiger partial charge in [0.25, 0.3) is 0 Å². The summed E-state index contributed by atoms with van der Waals surface area (Å²) in [7, 11) is 0. The van der Waals surface area contributed by atoms with Crippen molar-refractivity contribution in [2.45, 2.75) is 13.3 Å². The van der Waals surface area contributed by atoms with Gasteiger partial charge in [-0.2, -0.15) is 0 Å². The molecule has 1 aromatic rings. The van der Waals surface area contributed by atoms with Gasteiger partial charge in [-0.05, 0) is 36.8 Å². The number of benzene rings is 1. The van der Waals surface area contributed by atoms with Gasteiger partial charge in [-0.3, -0.25) is 4.79 Å². The van der Waals surface area contributed by atoms with Gasteiger partial charge in [0.15, 0.2) is 0 Å². The molecule has 2 N–H and O–H groups in total. The van der Waals surface area contributed by atoms with Crippen molar-refractivity contribution >= 4 is 23.0 Å². The lowest BCUT2D eigenvalue weighted by Crippen LogP contribution is -1.86. The summed E-state index contributed by atoms with van der Waals surface area (Å²) in [5, 5.41) is 18.6. The Morgan fingerprint density at radius 3 is 2.88 bits per heavy atom. The normalized spacial score (nSPS) is 10.8. The van der Waals surface area contributed by atoms with Crippen molar-refractivity contribution in [3.8, 4) is 11.5 Å². The first-order chi connectivity index (χ1) is 7.63. The van der Waals surface area contributed by atoms with Crippen molar-refractivity contribution in [3.05, 3.63) is 29.8 Å². The standard InChI is InChI=1S/C12H14O3S/c1-2-7-16-12(15)6-3-9-8-10(13)4-5-11(9)14/h3-6,8,13-14H,2,7H2,1H3/b6-3+. The third-order valence-corrected chi connectivity index (χ3v) is 2.89. The highest BCUT2D eigenvalue weighted by Gasteiger charge is 2.00. The summed E-state index contributed by atoms with van der Waals surface area (Å²) in [5.41, 5.74) is 0.436. The van der Waals surface area contributed by atoms with E-state index >= 15 is 0 Å². The second-order valence-corrected chi connectivity index (χ2v) is 4.34. The van der Waals surface area contributed by atoms with Crippen LogP contribution in [0, 0.1) is 0 Å². The second kappa shape index (κ2) is 6.23. The van der Waals surface area contributed by atoms with Crippen LogP contribution in [0.1, 0.15) is 18.9 Å². The molecule has 0 amide bonds. The Balaban J connectivity index is 2.68. The number of phenols is 2. The van der Waals surface area contributed by atoms with Crippen molar-refractivity contribution < 1.29 is 15.0 Å². The Morgan fingerprint density at radius 1 is 1.44 bits per heavy atom. The van der Waals surface area contributed by atoms with Crippen molar-refractivity contribution in [2.75, 3.05) is 5.75 Å². The van der Waals surface area contributed by atoms with E-state index in [1.165, 1.54) is 42.1 Å². The second-order valence-electron chi connectivity index (χ2n) is 3.24. The zero-order valence-electron chi connectivity index (χ0n) is 9.01. The fourth-order valence-electron chi connectivity index (χ4n) is 1.08. The number of carbonyl (C=O) groups excluding carboxylic acids is 1. The van der Waals surface area contributed by atoms with Gasteiger partial charge in [-0.1, -0.05) is 18.7 Å². The molecule has 0 bridgehead atoms. The van der Waals surface area contributed by atoms with Crippen LogP contribution < -0.4 is 0 Å². The molecule has 1 rings (SSSR count). The first-order valence-corrected chi connectivity index (χ1v) is 5.99. The summed E-state index contributed by atoms with van der Waals surface area (Å²) in [6.45, 7) is 2.01. The molecule has 0 unspecified atom stereocenters. The van der Waals surface area contributed by atoms with E-state index in [0.29, 0.717) is 5.56 Å². The maximum absolute atomic E-state index is 11.3. The van der Waals surface area contributed by atoms with E-state index < -0.39 is 0 Å². The third-order valence-electron chi connectivity index (χ3n) is 1.86. The van der Waals surface area contributed by atoms with Crippen LogP contribution in [0.15, 0.2) is 24.3 Å². The molecule has 0 aliphatic carbocycles. The molecular formula is C12H14O3S. The van der Waals surface area contributed by atoms with Crippen molar-refractivity contribution in [1.82, 2.24) is 0 Å². The minimum Gasteiger partial charge on any atom is -0.508 e. The van der Waals surface area contributed by atoms with E-state index in [2.05, 4.69) is 0 Å². The average molecular weight is 238 g/mol. The number of carbonyl (C=O) groups is 1. The van der Waals surface area contributed by atoms with Crippen LogP contribution >= 0.6 is 11.8 Å². The van der Waals surface area contributed by atoms with E-state index in [-0.39, 0.29) is 16.6 Å². The van der Waals surface area contributed by atoms with Crippen LogP contribution in [0.4, 0.5) is 0 Å². The van der Waals surface area contributed by atoms with E-state index in [1.54, 1.807) is 0 Å². The molecule has 0 aromatic heterocycles. The van der Waals surface area contributed by atoms with E-state index in [9.17, 15) is 15.0 Å². The van der Waals surface area contributed by atoms with Crippen molar-refractivity contribution in [3.63, 3.8) is 0 Å². The lowest BCUT2D eigenvalue weighted by molar-refractivity contribution is -0.106. The Hall–Kier alpha value is -1.42. The van der Waals surface area contributed by atoms with Gasteiger partial charge in [0, 0.05) is 11.3 Å². The van der Waals surface area contributed by atoms with E-state index in [4.69, 9.17) is 0 Å². The zero-order chi connectivity index (χ0) is 12.0. The van der Waals surface area contributed by atoms with Crippen LogP contribution in [0.2, 0.25) is 0 Å². The Labute approximate surface area is 98.8 Å². The number of phenolic OH excluding ortho intramolecular Hbond substituents is 2. The lowest BCUT2D eigenvalue weighted by Gasteiger charge is -1.99. The predicted octanol–water partition coefficient (Wildman–Crippen LogP) is 2.78. The van der Waals surface area contributed by atoms with E-state index in [0.717, 1.165) is 12.2 Å². The number of thioether (sulfide) groups is 1. The Kier molecular flexibility index (Phi) is 4.92. The molecule has 0 radical (unpaired) electrons. The summed E-state index contributed by atoms with van der Waals surface area (Å²) < 4.78 is 0. The molecule has 16 heavy (non-hydrogen) atoms. The van der Waals surface area contributed by atoms with Crippen LogP contribution in [0.3, 0.4) is 0 Å². The van der Waals surface area contributed by atoms with Gasteiger partial charge in [-0.15, -0.1) is 0 Å². The summed E-state index contributed by atoms with van der Waals surface area (Å²) >= 11 is 1.24. The average Bonchev–Trinajstić information content (AvgIpc) is 2.27. The Bertz CT molecular complexity index is 399. The molecular weight excluding hydrogens is 224 g/mol. The SMILES string of the molecule is CCCSC(=O)/C=C/c1cc(O)ccc1O. The molecule has 0 fully saturated rings. The minimum atomic E-state index is -0.0513. The molecule has 3 nitrogen and oxygen atoms in total. The lowest BCUT2D eigenvalue weighted by atomic mass is 10.2. The zero-order valence-corrected chi connectivity index (χ0v) is 9.83. The number of aromatic hydroxyl groups is 2. The molecule has 0 spiro atoms. The molecule has 0 aliphatic heterocycles. The fraction of sp³-hybridized carbons (Fsp3) is 0.250. The van der Waals surface area contributed by atoms with Gasteiger partial charge in [0.1, 0.15) is 11.5 Å². The van der Waals surface area contributed by atoms with Gasteiger partial charge in [0.2, 0.25) is 5.12 Å². The van der Waals surface area contributed by atoms with Gasteiger partial charge >= 0.3 is 0 Å². The quantitative estimate of drug-likeness (QED) is 0.625. The maximum atomic E-state index is 11.3. The summed E-state index contributed by atoms with van der Waals surface area (Å²) in [6.07, 6.45) is 3.84. The number of hydrogen-bond donors (Lipinski definition) is 2. The highest BCUT2D eigenvalue weighted by molar-refractivity contribution is 8.14. The van der Waals surface area contributed by atoms with Crippen LogP contribution in [-0.2, 0) is 4.79 Å². The molecule has 86 valence electrons. The van der Waals surface area contributed by atoms with Gasteiger partial charge in [-0.25, -0.2) is 0 Å². The highest BCUT2D eigenvalue weighted by atomic mass is 32.2. The first kappa shape index (κ1) is 12.6. The molecule has 0 heterocycles. The topological polar surface area (TPSA) is 57.5 Å². The molecule has 0 saturated heterocycles. The van der Waals surface area contributed by atoms with Crippen LogP contribution in [-0.4, -0.2) is 21.1 Å².